The lowest BCUT2D eigenvalue weighted by Gasteiger charge is -2.36. The number of rotatable bonds is 13. The van der Waals surface area contributed by atoms with E-state index in [-0.39, 0.29) is 52.4 Å². The predicted molar refractivity (Wildman–Crippen MR) is 161 cm³/mol. The Morgan fingerprint density at radius 2 is 1.51 bits per heavy atom. The fourth-order valence-electron chi connectivity index (χ4n) is 5.75. The van der Waals surface area contributed by atoms with Crippen LogP contribution in [0.25, 0.3) is 0 Å². The summed E-state index contributed by atoms with van der Waals surface area (Å²) in [5.41, 5.74) is 5.97. The van der Waals surface area contributed by atoms with Gasteiger partial charge in [0.1, 0.15) is 29.0 Å². The molecule has 45 heavy (non-hydrogen) atoms. The number of esters is 1. The Kier molecular flexibility index (Phi) is 9.24. The largest absolute Gasteiger partial charge is 0.508 e. The lowest BCUT2D eigenvalue weighted by molar-refractivity contribution is -0.142. The molecule has 2 heterocycles. The number of fused-ring (bicyclic) bond motifs is 6. The second-order valence-electron chi connectivity index (χ2n) is 11.1. The van der Waals surface area contributed by atoms with E-state index in [0.717, 1.165) is 0 Å². The third-order valence-corrected chi connectivity index (χ3v) is 7.98. The van der Waals surface area contributed by atoms with Crippen LogP contribution >= 0.6 is 0 Å². The number of carbonyl (C=O) groups excluding carboxylic acids is 3. The van der Waals surface area contributed by atoms with Crippen LogP contribution in [0, 0.1) is 0 Å². The van der Waals surface area contributed by atoms with E-state index in [2.05, 4.69) is 10.6 Å². The normalized spacial score (nSPS) is 14.4. The van der Waals surface area contributed by atoms with Crippen molar-refractivity contribution in [2.75, 3.05) is 13.1 Å². The van der Waals surface area contributed by atoms with Gasteiger partial charge in [-0.05, 0) is 75.0 Å². The number of nitrogens with one attached hydrogen (secondary N) is 2. The van der Waals surface area contributed by atoms with Crippen molar-refractivity contribution in [2.24, 2.45) is 5.73 Å². The average molecular weight is 618 g/mol. The highest BCUT2D eigenvalue weighted by Gasteiger charge is 2.53. The summed E-state index contributed by atoms with van der Waals surface area (Å²) in [5, 5.41) is 34.8. The molecule has 0 unspecified atom stereocenters. The molecule has 0 aromatic heterocycles. The first-order valence-electron chi connectivity index (χ1n) is 14.9. The molecule has 0 saturated carbocycles. The van der Waals surface area contributed by atoms with E-state index >= 15 is 0 Å². The number of ether oxygens (including phenoxy) is 2. The van der Waals surface area contributed by atoms with E-state index in [1.165, 1.54) is 30.3 Å². The number of carboxylic acids is 1. The third-order valence-electron chi connectivity index (χ3n) is 7.98. The van der Waals surface area contributed by atoms with E-state index in [9.17, 15) is 34.5 Å². The van der Waals surface area contributed by atoms with Gasteiger partial charge >= 0.3 is 11.9 Å². The van der Waals surface area contributed by atoms with E-state index in [1.54, 1.807) is 24.3 Å². The minimum atomic E-state index is -1.41. The Bertz CT molecular complexity index is 1590. The number of hydrogen-bond acceptors (Lipinski definition) is 9. The zero-order valence-electron chi connectivity index (χ0n) is 24.5. The summed E-state index contributed by atoms with van der Waals surface area (Å²) in [6, 6.07) is 12.8. The first kappa shape index (κ1) is 31.3. The summed E-state index contributed by atoms with van der Waals surface area (Å²) in [6.45, 7) is 0.809. The summed E-state index contributed by atoms with van der Waals surface area (Å²) in [7, 11) is 0. The highest BCUT2D eigenvalue weighted by molar-refractivity contribution is 6.01. The molecule has 2 aliphatic heterocycles. The van der Waals surface area contributed by atoms with Crippen LogP contribution in [-0.2, 0) is 19.9 Å². The van der Waals surface area contributed by atoms with Gasteiger partial charge < -0.3 is 41.2 Å². The van der Waals surface area contributed by atoms with Gasteiger partial charge in [0, 0.05) is 47.4 Å². The van der Waals surface area contributed by atoms with E-state index in [0.29, 0.717) is 68.3 Å². The van der Waals surface area contributed by atoms with Gasteiger partial charge in [0.15, 0.2) is 5.60 Å². The molecule has 0 aliphatic carbocycles. The maximum atomic E-state index is 13.3. The molecule has 236 valence electrons. The van der Waals surface area contributed by atoms with Gasteiger partial charge in [-0.15, -0.1) is 0 Å². The van der Waals surface area contributed by atoms with E-state index in [1.807, 2.05) is 0 Å². The van der Waals surface area contributed by atoms with Crippen molar-refractivity contribution in [1.82, 2.24) is 10.6 Å². The standard InChI is InChI=1S/C33H35N3O9/c34-14-4-3-6-26(31(41)42)36-29(39)7-2-1-5-15-35-30(40)19-8-11-23-22(16-19)32(43)45-33(23)24-12-9-20(37)17-27(24)44-28-18-21(38)10-13-25(28)33/h8-13,16-18,26,37-38H,1-7,14-15,34H2,(H,35,40)(H,36,39)(H,41,42)/t26-/m0/s1. The van der Waals surface area contributed by atoms with Gasteiger partial charge in [0.05, 0.1) is 5.56 Å². The van der Waals surface area contributed by atoms with Gasteiger partial charge in [-0.3, -0.25) is 9.59 Å². The van der Waals surface area contributed by atoms with Crippen LogP contribution in [0.1, 0.15) is 82.4 Å². The molecule has 12 heteroatoms. The Balaban J connectivity index is 1.20. The minimum absolute atomic E-state index is 0.0479. The maximum Gasteiger partial charge on any atom is 0.340 e. The number of amides is 2. The molecule has 2 amide bonds. The zero-order valence-corrected chi connectivity index (χ0v) is 24.5. The molecule has 0 bridgehead atoms. The lowest BCUT2D eigenvalue weighted by Crippen LogP contribution is -2.40. The van der Waals surface area contributed by atoms with Gasteiger partial charge in [-0.25, -0.2) is 9.59 Å². The summed E-state index contributed by atoms with van der Waals surface area (Å²) in [4.78, 5) is 49.8. The van der Waals surface area contributed by atoms with Crippen molar-refractivity contribution in [3.8, 4) is 23.0 Å². The van der Waals surface area contributed by atoms with Crippen LogP contribution in [-0.4, -0.2) is 58.2 Å². The number of carboxylic acid groups (broad SMARTS) is 1. The third kappa shape index (κ3) is 6.41. The molecule has 1 atom stereocenters. The summed E-state index contributed by atoms with van der Waals surface area (Å²) in [5.74, 6) is -1.99. The fraction of sp³-hybridized carbons (Fsp3) is 0.333. The van der Waals surface area contributed by atoms with E-state index in [4.69, 9.17) is 15.2 Å². The van der Waals surface area contributed by atoms with Gasteiger partial charge in [0.2, 0.25) is 5.91 Å². The van der Waals surface area contributed by atoms with Crippen LogP contribution in [0.3, 0.4) is 0 Å². The number of unbranched alkanes of at least 4 members (excludes halogenated alkanes) is 3. The number of phenols is 2. The number of benzene rings is 3. The first-order chi connectivity index (χ1) is 21.6. The molecule has 3 aromatic carbocycles. The van der Waals surface area contributed by atoms with Crippen LogP contribution < -0.4 is 21.1 Å². The lowest BCUT2D eigenvalue weighted by atomic mass is 9.77. The second-order valence-corrected chi connectivity index (χ2v) is 11.1. The average Bonchev–Trinajstić information content (AvgIpc) is 3.29. The fourth-order valence-corrected chi connectivity index (χ4v) is 5.75. The van der Waals surface area contributed by atoms with Crippen molar-refractivity contribution in [2.45, 2.75) is 56.6 Å². The Morgan fingerprint density at radius 3 is 2.16 bits per heavy atom. The van der Waals surface area contributed by atoms with Gasteiger partial charge in [-0.2, -0.15) is 0 Å². The van der Waals surface area contributed by atoms with Crippen LogP contribution in [0.5, 0.6) is 23.0 Å². The Hall–Kier alpha value is -5.10. The van der Waals surface area contributed by atoms with Crippen LogP contribution in [0.2, 0.25) is 0 Å². The SMILES string of the molecule is NCCCC[C@H](NC(=O)CCCCCNC(=O)c1ccc2c(c1)C(=O)OC21c2ccc(O)cc2Oc2cc(O)ccc21)C(=O)O. The second kappa shape index (κ2) is 13.3. The molecule has 7 N–H and O–H groups in total. The Labute approximate surface area is 259 Å². The Morgan fingerprint density at radius 1 is 0.844 bits per heavy atom. The molecule has 3 aromatic rings. The molecule has 5 rings (SSSR count). The summed E-state index contributed by atoms with van der Waals surface area (Å²) < 4.78 is 12.0. The van der Waals surface area contributed by atoms with Gasteiger partial charge in [0.25, 0.3) is 5.91 Å². The highest BCUT2D eigenvalue weighted by atomic mass is 16.6. The van der Waals surface area contributed by atoms with Crippen LogP contribution in [0.4, 0.5) is 0 Å². The molecule has 0 radical (unpaired) electrons. The number of phenolic OH excluding ortho intramolecular Hbond substituents is 2. The molecule has 1 spiro atoms. The number of nitrogens with two attached hydrogens (primary N) is 1. The van der Waals surface area contributed by atoms with Crippen molar-refractivity contribution in [3.05, 3.63) is 82.4 Å². The predicted octanol–water partition coefficient (Wildman–Crippen LogP) is 3.65. The van der Waals surface area contributed by atoms with E-state index < -0.39 is 23.6 Å². The molecule has 12 nitrogen and oxygen atoms in total. The summed E-state index contributed by atoms with van der Waals surface area (Å²) >= 11 is 0. The van der Waals surface area contributed by atoms with Gasteiger partial charge in [-0.1, -0.05) is 12.5 Å². The maximum absolute atomic E-state index is 13.3. The number of aromatic hydroxyl groups is 2. The number of carbonyl (C=O) groups is 4. The van der Waals surface area contributed by atoms with Crippen molar-refractivity contribution in [1.29, 1.82) is 0 Å². The quantitative estimate of drug-likeness (QED) is 0.122. The van der Waals surface area contributed by atoms with Crippen molar-refractivity contribution in [3.63, 3.8) is 0 Å². The van der Waals surface area contributed by atoms with Crippen molar-refractivity contribution >= 4 is 23.8 Å². The first-order valence-corrected chi connectivity index (χ1v) is 14.9. The molecular weight excluding hydrogens is 582 g/mol. The smallest absolute Gasteiger partial charge is 0.340 e. The molecule has 2 aliphatic rings. The topological polar surface area (TPSA) is 198 Å². The number of hydrogen-bond donors (Lipinski definition) is 6. The van der Waals surface area contributed by atoms with Crippen LogP contribution in [0.15, 0.2) is 54.6 Å². The summed E-state index contributed by atoms with van der Waals surface area (Å²) in [6.07, 6.45) is 3.60. The van der Waals surface area contributed by atoms with Crippen molar-refractivity contribution < 1.29 is 44.0 Å². The minimum Gasteiger partial charge on any atom is -0.508 e. The monoisotopic (exact) mass is 617 g/mol. The number of aliphatic carboxylic acids is 1. The molecule has 0 fully saturated rings. The highest BCUT2D eigenvalue weighted by Crippen LogP contribution is 2.57. The zero-order chi connectivity index (χ0) is 32.1. The molecular formula is C33H35N3O9. The molecule has 0 saturated heterocycles.